The molecule has 0 amide bonds. The average molecular weight is 562 g/mol. The van der Waals surface area contributed by atoms with Crippen LogP contribution in [0.5, 0.6) is 23.0 Å². The van der Waals surface area contributed by atoms with Crippen molar-refractivity contribution in [1.82, 2.24) is 0 Å². The first-order valence-electron chi connectivity index (χ1n) is 14.7. The summed E-state index contributed by atoms with van der Waals surface area (Å²) in [7, 11) is 5.13. The van der Waals surface area contributed by atoms with E-state index in [2.05, 4.69) is 35.2 Å². The lowest BCUT2D eigenvalue weighted by Crippen LogP contribution is -2.34. The number of nitrogens with zero attached hydrogens (tertiary/aromatic N) is 1. The first kappa shape index (κ1) is 29.1. The lowest BCUT2D eigenvalue weighted by molar-refractivity contribution is -0.0131. The Morgan fingerprint density at radius 3 is 2.51 bits per heavy atom. The highest BCUT2D eigenvalue weighted by Gasteiger charge is 2.33. The number of benzene rings is 3. The maximum atomic E-state index is 6.69. The zero-order valence-electron chi connectivity index (χ0n) is 24.6. The number of methoxy groups -OCH3 is 3. The van der Waals surface area contributed by atoms with E-state index in [1.54, 1.807) is 21.3 Å². The molecule has 7 heteroatoms. The van der Waals surface area contributed by atoms with E-state index >= 15 is 0 Å². The molecule has 1 aliphatic carbocycles. The summed E-state index contributed by atoms with van der Waals surface area (Å²) >= 11 is 0. The van der Waals surface area contributed by atoms with E-state index in [1.807, 2.05) is 36.4 Å². The number of rotatable bonds is 13. The fourth-order valence-corrected chi connectivity index (χ4v) is 5.93. The summed E-state index contributed by atoms with van der Waals surface area (Å²) in [6.07, 6.45) is 4.17. The molecule has 7 nitrogen and oxygen atoms in total. The second kappa shape index (κ2) is 14.5. The van der Waals surface area contributed by atoms with Crippen LogP contribution in [0.3, 0.4) is 0 Å². The molecule has 3 atom stereocenters. The van der Waals surface area contributed by atoms with Crippen LogP contribution in [0.2, 0.25) is 0 Å². The molecule has 1 fully saturated rings. The van der Waals surface area contributed by atoms with Gasteiger partial charge < -0.3 is 33.3 Å². The van der Waals surface area contributed by atoms with Crippen molar-refractivity contribution < 1.29 is 28.4 Å². The molecule has 1 aliphatic heterocycles. The smallest absolute Gasteiger partial charge is 0.142 e. The number of anilines is 1. The van der Waals surface area contributed by atoms with Gasteiger partial charge in [-0.3, -0.25) is 0 Å². The predicted octanol–water partition coefficient (Wildman–Crippen LogP) is 6.49. The largest absolute Gasteiger partial charge is 0.497 e. The van der Waals surface area contributed by atoms with E-state index in [0.29, 0.717) is 25.7 Å². The molecule has 0 N–H and O–H groups in total. The summed E-state index contributed by atoms with van der Waals surface area (Å²) in [5.41, 5.74) is 3.60. The van der Waals surface area contributed by atoms with E-state index < -0.39 is 0 Å². The Bertz CT molecular complexity index is 1230. The maximum Gasteiger partial charge on any atom is 0.142 e. The third kappa shape index (κ3) is 7.66. The molecule has 0 bridgehead atoms. The van der Waals surface area contributed by atoms with Gasteiger partial charge in [0.05, 0.1) is 45.8 Å². The number of hydrogen-bond donors (Lipinski definition) is 0. The highest BCUT2D eigenvalue weighted by Crippen LogP contribution is 2.40. The Kier molecular flexibility index (Phi) is 10.3. The molecule has 41 heavy (non-hydrogen) atoms. The molecule has 5 rings (SSSR count). The van der Waals surface area contributed by atoms with Crippen molar-refractivity contribution in [3.8, 4) is 23.0 Å². The van der Waals surface area contributed by atoms with Gasteiger partial charge in [-0.25, -0.2) is 0 Å². The second-order valence-electron chi connectivity index (χ2n) is 10.9. The molecular weight excluding hydrogens is 518 g/mol. The Morgan fingerprint density at radius 2 is 1.71 bits per heavy atom. The van der Waals surface area contributed by atoms with Crippen LogP contribution in [0.1, 0.15) is 42.7 Å². The molecule has 3 aromatic rings. The second-order valence-corrected chi connectivity index (χ2v) is 10.9. The number of fused-ring (bicyclic) bond motifs is 1. The van der Waals surface area contributed by atoms with Crippen molar-refractivity contribution in [3.05, 3.63) is 77.9 Å². The predicted molar refractivity (Wildman–Crippen MR) is 161 cm³/mol. The van der Waals surface area contributed by atoms with Gasteiger partial charge in [-0.05, 0) is 79.1 Å². The highest BCUT2D eigenvalue weighted by atomic mass is 16.5. The van der Waals surface area contributed by atoms with Gasteiger partial charge in [-0.1, -0.05) is 24.3 Å². The minimum atomic E-state index is 0.126. The fourth-order valence-electron chi connectivity index (χ4n) is 5.93. The Morgan fingerprint density at radius 1 is 0.878 bits per heavy atom. The van der Waals surface area contributed by atoms with Gasteiger partial charge in [0.15, 0.2) is 0 Å². The first-order chi connectivity index (χ1) is 20.2. The molecule has 2 aliphatic rings. The summed E-state index contributed by atoms with van der Waals surface area (Å²) in [6.45, 7) is 4.57. The monoisotopic (exact) mass is 561 g/mol. The molecule has 0 unspecified atom stereocenters. The van der Waals surface area contributed by atoms with Gasteiger partial charge >= 0.3 is 0 Å². The van der Waals surface area contributed by atoms with Crippen molar-refractivity contribution in [1.29, 1.82) is 0 Å². The molecule has 0 saturated heterocycles. The molecule has 0 radical (unpaired) electrons. The Balaban J connectivity index is 1.25. The first-order valence-corrected chi connectivity index (χ1v) is 14.7. The number of hydrogen-bond acceptors (Lipinski definition) is 7. The van der Waals surface area contributed by atoms with Crippen molar-refractivity contribution in [2.75, 3.05) is 59.1 Å². The molecule has 0 spiro atoms. The standard InChI is InChI=1S/C34H43NO6/c1-36-18-5-16-35-17-19-39-34-15-9-26(21-32(34)35)24-41-33-14-8-25(23-40-30-7-4-6-29(22-30)38-3)20-31(33)27-10-12-28(37-2)13-11-27/h4,6-7,9-13,15,21-22,25,31,33H,5,8,14,16-20,23-24H2,1-3H3/t25-,31+,33-/m0/s1. The lowest BCUT2D eigenvalue weighted by Gasteiger charge is -2.36. The topological polar surface area (TPSA) is 58.6 Å². The fraction of sp³-hybridized carbons (Fsp3) is 0.471. The van der Waals surface area contributed by atoms with Gasteiger partial charge in [-0.2, -0.15) is 0 Å². The lowest BCUT2D eigenvalue weighted by atomic mass is 9.76. The van der Waals surface area contributed by atoms with E-state index in [1.165, 1.54) is 11.1 Å². The van der Waals surface area contributed by atoms with E-state index in [4.69, 9.17) is 28.4 Å². The van der Waals surface area contributed by atoms with Crippen LogP contribution in [0.15, 0.2) is 66.7 Å². The summed E-state index contributed by atoms with van der Waals surface area (Å²) < 4.78 is 34.9. The summed E-state index contributed by atoms with van der Waals surface area (Å²) in [5, 5.41) is 0. The van der Waals surface area contributed by atoms with E-state index in [-0.39, 0.29) is 12.0 Å². The quantitative estimate of drug-likeness (QED) is 0.221. The SMILES string of the molecule is COCCCN1CCOc2ccc(CO[C@H]3CC[C@H](COc4cccc(OC)c4)C[C@@H]3c3ccc(OC)cc3)cc21. The van der Waals surface area contributed by atoms with Crippen LogP contribution in [-0.4, -0.2) is 60.3 Å². The third-order valence-corrected chi connectivity index (χ3v) is 8.19. The van der Waals surface area contributed by atoms with Crippen LogP contribution < -0.4 is 23.8 Å². The maximum absolute atomic E-state index is 6.69. The third-order valence-electron chi connectivity index (χ3n) is 8.19. The normalized spacial score (nSPS) is 20.2. The molecule has 1 saturated carbocycles. The zero-order chi connectivity index (χ0) is 28.4. The Labute approximate surface area is 244 Å². The molecular formula is C34H43NO6. The Hall–Kier alpha value is -3.42. The van der Waals surface area contributed by atoms with Crippen LogP contribution in [0.25, 0.3) is 0 Å². The van der Waals surface area contributed by atoms with Crippen LogP contribution in [0.4, 0.5) is 5.69 Å². The highest BCUT2D eigenvalue weighted by molar-refractivity contribution is 5.61. The zero-order valence-corrected chi connectivity index (χ0v) is 24.6. The minimum absolute atomic E-state index is 0.126. The van der Waals surface area contributed by atoms with Gasteiger partial charge in [0.1, 0.15) is 29.6 Å². The summed E-state index contributed by atoms with van der Waals surface area (Å²) in [5.74, 6) is 4.19. The minimum Gasteiger partial charge on any atom is -0.497 e. The molecule has 0 aromatic heterocycles. The average Bonchev–Trinajstić information content (AvgIpc) is 3.03. The molecule has 220 valence electrons. The van der Waals surface area contributed by atoms with Crippen molar-refractivity contribution >= 4 is 5.69 Å². The van der Waals surface area contributed by atoms with Crippen LogP contribution >= 0.6 is 0 Å². The van der Waals surface area contributed by atoms with Crippen molar-refractivity contribution in [2.45, 2.75) is 44.3 Å². The molecule has 3 aromatic carbocycles. The van der Waals surface area contributed by atoms with E-state index in [0.717, 1.165) is 74.1 Å². The van der Waals surface area contributed by atoms with Gasteiger partial charge in [0, 0.05) is 32.2 Å². The van der Waals surface area contributed by atoms with E-state index in [9.17, 15) is 0 Å². The van der Waals surface area contributed by atoms with Crippen LogP contribution in [-0.2, 0) is 16.1 Å². The van der Waals surface area contributed by atoms with Gasteiger partial charge in [0.2, 0.25) is 0 Å². The molecule has 1 heterocycles. The summed E-state index contributed by atoms with van der Waals surface area (Å²) in [4.78, 5) is 2.40. The summed E-state index contributed by atoms with van der Waals surface area (Å²) in [6, 6.07) is 22.7. The van der Waals surface area contributed by atoms with Gasteiger partial charge in [0.25, 0.3) is 0 Å². The number of ether oxygens (including phenoxy) is 6. The van der Waals surface area contributed by atoms with Crippen molar-refractivity contribution in [2.24, 2.45) is 5.92 Å². The van der Waals surface area contributed by atoms with Gasteiger partial charge in [-0.15, -0.1) is 0 Å². The van der Waals surface area contributed by atoms with Crippen molar-refractivity contribution in [3.63, 3.8) is 0 Å². The van der Waals surface area contributed by atoms with Crippen LogP contribution in [0, 0.1) is 5.92 Å².